The van der Waals surface area contributed by atoms with Crippen LogP contribution < -0.4 is 5.73 Å². The first-order chi connectivity index (χ1) is 8.82. The fraction of sp³-hybridized carbons (Fsp3) is 0.231. The third-order valence-corrected chi connectivity index (χ3v) is 3.91. The van der Waals surface area contributed by atoms with Crippen molar-refractivity contribution in [1.29, 1.82) is 0 Å². The van der Waals surface area contributed by atoms with E-state index in [4.69, 9.17) is 10.2 Å². The number of nitrogens with two attached hydrogens (primary N) is 1. The van der Waals surface area contributed by atoms with Crippen molar-refractivity contribution in [3.05, 3.63) is 33.5 Å². The highest BCUT2D eigenvalue weighted by atomic mass is 79.9. The molecule has 1 aromatic heterocycles. The molecule has 0 fully saturated rings. The van der Waals surface area contributed by atoms with E-state index in [0.29, 0.717) is 11.1 Å². The van der Waals surface area contributed by atoms with Crippen LogP contribution >= 0.6 is 15.9 Å². The smallest absolute Gasteiger partial charge is 0.284 e. The summed E-state index contributed by atoms with van der Waals surface area (Å²) in [4.78, 5) is 24.7. The Morgan fingerprint density at radius 1 is 1.32 bits per heavy atom. The van der Waals surface area contributed by atoms with Crippen LogP contribution in [0.25, 0.3) is 11.0 Å². The van der Waals surface area contributed by atoms with Crippen molar-refractivity contribution in [2.75, 3.05) is 14.1 Å². The van der Waals surface area contributed by atoms with Gasteiger partial charge in [0.25, 0.3) is 11.8 Å². The predicted molar refractivity (Wildman–Crippen MR) is 75.2 cm³/mol. The normalized spacial score (nSPS) is 10.7. The van der Waals surface area contributed by atoms with Crippen LogP contribution in [0.5, 0.6) is 0 Å². The van der Waals surface area contributed by atoms with Crippen molar-refractivity contribution in [2.45, 2.75) is 6.92 Å². The van der Waals surface area contributed by atoms with Gasteiger partial charge in [-0.1, -0.05) is 0 Å². The summed E-state index contributed by atoms with van der Waals surface area (Å²) < 4.78 is 6.09. The van der Waals surface area contributed by atoms with Crippen LogP contribution in [0.3, 0.4) is 0 Å². The number of hydrogen-bond donors (Lipinski definition) is 1. The number of amides is 2. The lowest BCUT2D eigenvalue weighted by atomic mass is 10.1. The number of benzene rings is 1. The number of carbonyl (C=O) groups is 2. The van der Waals surface area contributed by atoms with Gasteiger partial charge in [0.15, 0.2) is 5.76 Å². The lowest BCUT2D eigenvalue weighted by Crippen LogP contribution is -2.22. The van der Waals surface area contributed by atoms with E-state index in [0.717, 1.165) is 15.4 Å². The molecule has 1 heterocycles. The molecule has 0 saturated heterocycles. The Balaban J connectivity index is 2.73. The van der Waals surface area contributed by atoms with Gasteiger partial charge in [-0.15, -0.1) is 0 Å². The molecule has 0 saturated carbocycles. The number of fused-ring (bicyclic) bond motifs is 1. The first-order valence-electron chi connectivity index (χ1n) is 5.57. The molecular formula is C13H13BrN2O3. The van der Waals surface area contributed by atoms with Crippen LogP contribution in [0, 0.1) is 6.92 Å². The molecule has 0 aliphatic rings. The Labute approximate surface area is 118 Å². The highest BCUT2D eigenvalue weighted by Crippen LogP contribution is 2.32. The van der Waals surface area contributed by atoms with Crippen molar-refractivity contribution in [1.82, 2.24) is 4.90 Å². The monoisotopic (exact) mass is 324 g/mol. The Bertz CT molecular complexity index is 689. The van der Waals surface area contributed by atoms with Crippen molar-refractivity contribution < 1.29 is 14.0 Å². The highest BCUT2D eigenvalue weighted by molar-refractivity contribution is 9.10. The summed E-state index contributed by atoms with van der Waals surface area (Å²) in [5, 5.41) is 0.724. The van der Waals surface area contributed by atoms with Gasteiger partial charge in [-0.3, -0.25) is 9.59 Å². The third-order valence-electron chi connectivity index (χ3n) is 2.89. The zero-order valence-electron chi connectivity index (χ0n) is 10.8. The number of nitrogens with zero attached hydrogens (tertiary/aromatic N) is 1. The number of furan rings is 1. The second-order valence-electron chi connectivity index (χ2n) is 4.45. The van der Waals surface area contributed by atoms with E-state index in [1.807, 2.05) is 6.92 Å². The molecule has 0 spiro atoms. The van der Waals surface area contributed by atoms with Gasteiger partial charge >= 0.3 is 0 Å². The van der Waals surface area contributed by atoms with E-state index in [-0.39, 0.29) is 11.7 Å². The van der Waals surface area contributed by atoms with E-state index >= 15 is 0 Å². The summed E-state index contributed by atoms with van der Waals surface area (Å²) in [7, 11) is 3.35. The fourth-order valence-electron chi connectivity index (χ4n) is 1.83. The van der Waals surface area contributed by atoms with Crippen LogP contribution in [0.15, 0.2) is 21.0 Å². The molecule has 2 amide bonds. The summed E-state index contributed by atoms with van der Waals surface area (Å²) >= 11 is 3.43. The molecule has 2 aromatic rings. The van der Waals surface area contributed by atoms with Crippen LogP contribution in [0.2, 0.25) is 0 Å². The van der Waals surface area contributed by atoms with Crippen LogP contribution in [-0.2, 0) is 0 Å². The fourth-order valence-corrected chi connectivity index (χ4v) is 2.35. The summed E-state index contributed by atoms with van der Waals surface area (Å²) in [5.74, 6) is -0.692. The first kappa shape index (κ1) is 13.6. The van der Waals surface area contributed by atoms with Crippen LogP contribution in [0.1, 0.15) is 26.5 Å². The van der Waals surface area contributed by atoms with Gasteiger partial charge in [-0.05, 0) is 40.5 Å². The van der Waals surface area contributed by atoms with Gasteiger partial charge in [-0.2, -0.15) is 0 Å². The number of primary amides is 1. The van der Waals surface area contributed by atoms with E-state index in [9.17, 15) is 9.59 Å². The van der Waals surface area contributed by atoms with E-state index in [1.54, 1.807) is 26.2 Å². The van der Waals surface area contributed by atoms with Crippen LogP contribution in [0.4, 0.5) is 0 Å². The second kappa shape index (κ2) is 4.70. The zero-order valence-corrected chi connectivity index (χ0v) is 12.4. The highest BCUT2D eigenvalue weighted by Gasteiger charge is 2.19. The quantitative estimate of drug-likeness (QED) is 0.920. The van der Waals surface area contributed by atoms with Crippen LogP contribution in [-0.4, -0.2) is 30.8 Å². The molecule has 5 nitrogen and oxygen atoms in total. The van der Waals surface area contributed by atoms with Gasteiger partial charge < -0.3 is 15.1 Å². The number of rotatable bonds is 2. The summed E-state index contributed by atoms with van der Waals surface area (Å²) in [5.41, 5.74) is 6.96. The second-order valence-corrected chi connectivity index (χ2v) is 5.24. The Kier molecular flexibility index (Phi) is 3.36. The minimum atomic E-state index is -0.638. The topological polar surface area (TPSA) is 76.5 Å². The minimum Gasteiger partial charge on any atom is -0.451 e. The molecule has 19 heavy (non-hydrogen) atoms. The van der Waals surface area contributed by atoms with Gasteiger partial charge in [0.1, 0.15) is 5.58 Å². The van der Waals surface area contributed by atoms with Gasteiger partial charge in [0, 0.05) is 29.5 Å². The Morgan fingerprint density at radius 2 is 1.95 bits per heavy atom. The van der Waals surface area contributed by atoms with Gasteiger partial charge in [-0.25, -0.2) is 0 Å². The third kappa shape index (κ3) is 2.23. The van der Waals surface area contributed by atoms with E-state index in [2.05, 4.69) is 15.9 Å². The standard InChI is InChI=1S/C13H13BrN2O3/c1-6-7(13(18)16(2)3)4-9-8(11(6)14)5-10(19-9)12(15)17/h4-5H,1-3H3,(H2,15,17). The Hall–Kier alpha value is -1.82. The number of halogens is 1. The lowest BCUT2D eigenvalue weighted by molar-refractivity contribution is 0.0826. The maximum absolute atomic E-state index is 12.1. The van der Waals surface area contributed by atoms with Crippen molar-refractivity contribution in [2.24, 2.45) is 5.73 Å². The SMILES string of the molecule is Cc1c(C(=O)N(C)C)cc2oc(C(N)=O)cc2c1Br. The van der Waals surface area contributed by atoms with Crippen molar-refractivity contribution >= 4 is 38.7 Å². The van der Waals surface area contributed by atoms with Crippen molar-refractivity contribution in [3.63, 3.8) is 0 Å². The lowest BCUT2D eigenvalue weighted by Gasteiger charge is -2.13. The minimum absolute atomic E-state index is 0.0737. The summed E-state index contributed by atoms with van der Waals surface area (Å²) in [6, 6.07) is 3.20. The predicted octanol–water partition coefficient (Wildman–Crippen LogP) is 2.30. The maximum Gasteiger partial charge on any atom is 0.284 e. The molecule has 0 radical (unpaired) electrons. The molecule has 1 aromatic carbocycles. The largest absolute Gasteiger partial charge is 0.451 e. The first-order valence-corrected chi connectivity index (χ1v) is 6.36. The molecule has 2 rings (SSSR count). The molecular weight excluding hydrogens is 312 g/mol. The van der Waals surface area contributed by atoms with Gasteiger partial charge in [0.2, 0.25) is 0 Å². The number of hydrogen-bond acceptors (Lipinski definition) is 3. The van der Waals surface area contributed by atoms with E-state index < -0.39 is 5.91 Å². The van der Waals surface area contributed by atoms with E-state index in [1.165, 1.54) is 4.90 Å². The summed E-state index contributed by atoms with van der Waals surface area (Å²) in [6.45, 7) is 1.83. The molecule has 0 bridgehead atoms. The zero-order chi connectivity index (χ0) is 14.3. The number of carbonyl (C=O) groups excluding carboxylic acids is 2. The molecule has 0 aliphatic carbocycles. The van der Waals surface area contributed by atoms with Gasteiger partial charge in [0.05, 0.1) is 0 Å². The molecule has 0 unspecified atom stereocenters. The maximum atomic E-state index is 12.1. The molecule has 0 aliphatic heterocycles. The summed E-state index contributed by atoms with van der Waals surface area (Å²) in [6.07, 6.45) is 0. The average molecular weight is 325 g/mol. The Morgan fingerprint density at radius 3 is 2.47 bits per heavy atom. The molecule has 6 heteroatoms. The molecule has 0 atom stereocenters. The molecule has 2 N–H and O–H groups in total. The molecule has 100 valence electrons. The van der Waals surface area contributed by atoms with Crippen molar-refractivity contribution in [3.8, 4) is 0 Å². The average Bonchev–Trinajstić information content (AvgIpc) is 2.77.